The fourth-order valence-corrected chi connectivity index (χ4v) is 3.40. The molecule has 0 saturated heterocycles. The molecule has 1 atom stereocenters. The highest BCUT2D eigenvalue weighted by Gasteiger charge is 2.15. The number of hydrogen-bond acceptors (Lipinski definition) is 1. The van der Waals surface area contributed by atoms with Crippen molar-refractivity contribution in [1.82, 2.24) is 0 Å². The fraction of sp³-hybridized carbons (Fsp3) is 0.455. The zero-order valence-electron chi connectivity index (χ0n) is 14.5. The molecule has 1 aliphatic rings. The molecule has 0 heterocycles. The van der Waals surface area contributed by atoms with Crippen LogP contribution in [0.25, 0.3) is 11.1 Å². The van der Waals surface area contributed by atoms with Gasteiger partial charge in [0.1, 0.15) is 5.75 Å². The third kappa shape index (κ3) is 4.16. The Bertz CT molecular complexity index is 627. The van der Waals surface area contributed by atoms with Gasteiger partial charge in [-0.2, -0.15) is 0 Å². The molecule has 2 aromatic rings. The van der Waals surface area contributed by atoms with Crippen LogP contribution in [0, 0.1) is 5.92 Å². The number of unbranched alkanes of at least 4 members (excludes halogenated alkanes) is 2. The first-order valence-corrected chi connectivity index (χ1v) is 9.11. The number of ether oxygens (including phenoxy) is 1. The minimum Gasteiger partial charge on any atom is -0.494 e. The van der Waals surface area contributed by atoms with Gasteiger partial charge in [-0.3, -0.25) is 0 Å². The van der Waals surface area contributed by atoms with E-state index in [9.17, 15) is 0 Å². The maximum atomic E-state index is 5.80. The second-order valence-corrected chi connectivity index (χ2v) is 6.91. The molecule has 0 spiro atoms. The molecule has 3 rings (SSSR count). The van der Waals surface area contributed by atoms with Crippen LogP contribution in [0.2, 0.25) is 0 Å². The van der Waals surface area contributed by atoms with Crippen LogP contribution in [-0.2, 0) is 12.8 Å². The van der Waals surface area contributed by atoms with Crippen molar-refractivity contribution in [2.24, 2.45) is 5.92 Å². The Morgan fingerprint density at radius 3 is 2.52 bits per heavy atom. The van der Waals surface area contributed by atoms with Gasteiger partial charge in [-0.1, -0.05) is 57.0 Å². The van der Waals surface area contributed by atoms with Crippen LogP contribution in [0.1, 0.15) is 50.7 Å². The molecule has 122 valence electrons. The molecule has 0 radical (unpaired) electrons. The lowest BCUT2D eigenvalue weighted by atomic mass is 9.83. The molecule has 0 aromatic heterocycles. The van der Waals surface area contributed by atoms with Crippen LogP contribution < -0.4 is 4.74 Å². The Labute approximate surface area is 140 Å². The van der Waals surface area contributed by atoms with Crippen molar-refractivity contribution in [2.75, 3.05) is 6.61 Å². The quantitative estimate of drug-likeness (QED) is 0.590. The second-order valence-electron chi connectivity index (χ2n) is 6.91. The molecule has 0 bridgehead atoms. The Balaban J connectivity index is 1.67. The summed E-state index contributed by atoms with van der Waals surface area (Å²) in [4.78, 5) is 0. The van der Waals surface area contributed by atoms with Crippen LogP contribution >= 0.6 is 0 Å². The minimum atomic E-state index is 0.824. The summed E-state index contributed by atoms with van der Waals surface area (Å²) in [5.41, 5.74) is 5.70. The first kappa shape index (κ1) is 16.1. The van der Waals surface area contributed by atoms with E-state index in [2.05, 4.69) is 56.3 Å². The van der Waals surface area contributed by atoms with Gasteiger partial charge in [0.25, 0.3) is 0 Å². The number of fused-ring (bicyclic) bond motifs is 1. The van der Waals surface area contributed by atoms with E-state index >= 15 is 0 Å². The lowest BCUT2D eigenvalue weighted by Gasteiger charge is -2.22. The number of rotatable bonds is 6. The first-order chi connectivity index (χ1) is 11.3. The van der Waals surface area contributed by atoms with Crippen molar-refractivity contribution in [3.8, 4) is 16.9 Å². The molecule has 23 heavy (non-hydrogen) atoms. The third-order valence-corrected chi connectivity index (χ3v) is 4.89. The summed E-state index contributed by atoms with van der Waals surface area (Å²) in [5.74, 6) is 1.81. The minimum absolute atomic E-state index is 0.824. The Morgan fingerprint density at radius 2 is 1.74 bits per heavy atom. The van der Waals surface area contributed by atoms with Crippen LogP contribution in [0.15, 0.2) is 42.5 Å². The number of benzene rings is 2. The maximum absolute atomic E-state index is 5.80. The molecule has 1 heteroatoms. The Hall–Kier alpha value is -1.76. The van der Waals surface area contributed by atoms with Gasteiger partial charge in [0.2, 0.25) is 0 Å². The summed E-state index contributed by atoms with van der Waals surface area (Å²) in [6.07, 6.45) is 7.40. The average Bonchev–Trinajstić information content (AvgIpc) is 2.59. The first-order valence-electron chi connectivity index (χ1n) is 9.11. The summed E-state index contributed by atoms with van der Waals surface area (Å²) in [6.45, 7) is 5.40. The van der Waals surface area contributed by atoms with E-state index in [1.807, 2.05) is 0 Å². The van der Waals surface area contributed by atoms with E-state index in [-0.39, 0.29) is 0 Å². The van der Waals surface area contributed by atoms with Gasteiger partial charge in [-0.15, -0.1) is 0 Å². The van der Waals surface area contributed by atoms with E-state index in [0.29, 0.717) is 0 Å². The maximum Gasteiger partial charge on any atom is 0.119 e. The fourth-order valence-electron chi connectivity index (χ4n) is 3.40. The third-order valence-electron chi connectivity index (χ3n) is 4.89. The van der Waals surface area contributed by atoms with Crippen LogP contribution in [0.4, 0.5) is 0 Å². The summed E-state index contributed by atoms with van der Waals surface area (Å²) in [6, 6.07) is 15.6. The van der Waals surface area contributed by atoms with Gasteiger partial charge in [-0.05, 0) is 66.0 Å². The SMILES string of the molecule is CCCCCOc1ccc(-c2ccc3c(c2)CCC(C)C3)cc1. The summed E-state index contributed by atoms with van der Waals surface area (Å²) in [5, 5.41) is 0. The number of aryl methyl sites for hydroxylation is 1. The Kier molecular flexibility index (Phi) is 5.38. The molecule has 0 N–H and O–H groups in total. The summed E-state index contributed by atoms with van der Waals surface area (Å²) in [7, 11) is 0. The van der Waals surface area contributed by atoms with Crippen molar-refractivity contribution in [3.63, 3.8) is 0 Å². The van der Waals surface area contributed by atoms with E-state index in [4.69, 9.17) is 4.74 Å². The van der Waals surface area contributed by atoms with Crippen molar-refractivity contribution in [3.05, 3.63) is 53.6 Å². The number of hydrogen-bond donors (Lipinski definition) is 0. The van der Waals surface area contributed by atoms with Gasteiger partial charge < -0.3 is 4.74 Å². The molecule has 2 aromatic carbocycles. The monoisotopic (exact) mass is 308 g/mol. The van der Waals surface area contributed by atoms with E-state index < -0.39 is 0 Å². The molecule has 1 unspecified atom stereocenters. The molecule has 1 aliphatic carbocycles. The molecule has 0 fully saturated rings. The topological polar surface area (TPSA) is 9.23 Å². The van der Waals surface area contributed by atoms with Crippen LogP contribution in [0.5, 0.6) is 5.75 Å². The molecular formula is C22H28O. The van der Waals surface area contributed by atoms with E-state index in [0.717, 1.165) is 24.7 Å². The van der Waals surface area contributed by atoms with Crippen molar-refractivity contribution < 1.29 is 4.74 Å². The second kappa shape index (κ2) is 7.68. The largest absolute Gasteiger partial charge is 0.494 e. The van der Waals surface area contributed by atoms with Gasteiger partial charge >= 0.3 is 0 Å². The Morgan fingerprint density at radius 1 is 0.957 bits per heavy atom. The molecule has 0 amide bonds. The van der Waals surface area contributed by atoms with Gasteiger partial charge in [0.05, 0.1) is 6.61 Å². The standard InChI is InChI=1S/C22H28O/c1-3-4-5-14-23-22-12-10-18(11-13-22)20-9-8-19-15-17(2)6-7-21(19)16-20/h8-13,16-17H,3-7,14-15H2,1-2H3. The molecule has 0 saturated carbocycles. The van der Waals surface area contributed by atoms with Gasteiger partial charge in [0.15, 0.2) is 0 Å². The predicted octanol–water partition coefficient (Wildman–Crippen LogP) is 6.05. The molecule has 0 aliphatic heterocycles. The lowest BCUT2D eigenvalue weighted by molar-refractivity contribution is 0.306. The summed E-state index contributed by atoms with van der Waals surface area (Å²) >= 11 is 0. The highest BCUT2D eigenvalue weighted by Crippen LogP contribution is 2.30. The molecular weight excluding hydrogens is 280 g/mol. The van der Waals surface area contributed by atoms with Crippen LogP contribution in [-0.4, -0.2) is 6.61 Å². The van der Waals surface area contributed by atoms with E-state index in [1.54, 1.807) is 11.1 Å². The smallest absolute Gasteiger partial charge is 0.119 e. The van der Waals surface area contributed by atoms with Crippen molar-refractivity contribution >= 4 is 0 Å². The van der Waals surface area contributed by atoms with Crippen molar-refractivity contribution in [1.29, 1.82) is 0 Å². The highest BCUT2D eigenvalue weighted by molar-refractivity contribution is 5.65. The predicted molar refractivity (Wildman–Crippen MR) is 98.1 cm³/mol. The zero-order chi connectivity index (χ0) is 16.1. The van der Waals surface area contributed by atoms with Gasteiger partial charge in [0, 0.05) is 0 Å². The highest BCUT2D eigenvalue weighted by atomic mass is 16.5. The normalized spacial score (nSPS) is 16.9. The average molecular weight is 308 g/mol. The summed E-state index contributed by atoms with van der Waals surface area (Å²) < 4.78 is 5.80. The zero-order valence-corrected chi connectivity index (χ0v) is 14.5. The van der Waals surface area contributed by atoms with Crippen LogP contribution in [0.3, 0.4) is 0 Å². The van der Waals surface area contributed by atoms with E-state index in [1.165, 1.54) is 43.2 Å². The lowest BCUT2D eigenvalue weighted by Crippen LogP contribution is -2.11. The van der Waals surface area contributed by atoms with Crippen molar-refractivity contribution in [2.45, 2.75) is 52.4 Å². The van der Waals surface area contributed by atoms with Gasteiger partial charge in [-0.25, -0.2) is 0 Å². The molecule has 1 nitrogen and oxygen atoms in total.